The van der Waals surface area contributed by atoms with Crippen LogP contribution in [-0.4, -0.2) is 37.4 Å². The van der Waals surface area contributed by atoms with Crippen molar-refractivity contribution in [2.75, 3.05) is 26.2 Å². The second-order valence-electron chi connectivity index (χ2n) is 6.64. The molecule has 1 aromatic rings. The maximum Gasteiger partial charge on any atom is 0.573 e. The molecule has 1 fully saturated rings. The maximum atomic E-state index is 12.7. The molecule has 0 aromatic heterocycles. The zero-order chi connectivity index (χ0) is 16.4. The second-order valence-corrected chi connectivity index (χ2v) is 6.64. The highest BCUT2D eigenvalue weighted by Gasteiger charge is 2.37. The summed E-state index contributed by atoms with van der Waals surface area (Å²) in [4.78, 5) is 2.23. The fraction of sp³-hybridized carbons (Fsp3) is 0.625. The van der Waals surface area contributed by atoms with E-state index in [1.807, 2.05) is 20.8 Å². The van der Waals surface area contributed by atoms with E-state index in [4.69, 9.17) is 0 Å². The van der Waals surface area contributed by atoms with E-state index >= 15 is 0 Å². The Labute approximate surface area is 153 Å². The van der Waals surface area contributed by atoms with E-state index in [-0.39, 0.29) is 42.0 Å². The highest BCUT2D eigenvalue weighted by molar-refractivity contribution is 5.85. The molecule has 3 nitrogen and oxygen atoms in total. The first-order valence-electron chi connectivity index (χ1n) is 7.48. The Kier molecular flexibility index (Phi) is 8.87. The number of nitrogens with zero attached hydrogens (tertiary/aromatic N) is 1. The average molecular weight is 389 g/mol. The Morgan fingerprint density at radius 2 is 1.58 bits per heavy atom. The van der Waals surface area contributed by atoms with Gasteiger partial charge in [0.05, 0.1) is 0 Å². The van der Waals surface area contributed by atoms with Gasteiger partial charge in [-0.1, -0.05) is 39.0 Å². The number of alkyl halides is 3. The van der Waals surface area contributed by atoms with Gasteiger partial charge in [-0.05, 0) is 11.5 Å². The van der Waals surface area contributed by atoms with Crippen molar-refractivity contribution in [3.8, 4) is 5.75 Å². The molecule has 1 heterocycles. The molecule has 0 unspecified atom stereocenters. The number of benzene rings is 1. The monoisotopic (exact) mass is 388 g/mol. The standard InChI is InChI=1S/C16H23F3N2O.2ClH/c1-15(2,3)14(21-10-8-20-9-11-21)12-6-4-5-7-13(12)22-16(17,18)19;;/h4-7,14,20H,8-11H2,1-3H3;2*1H/t14-;;/m0../s1. The van der Waals surface area contributed by atoms with Crippen LogP contribution < -0.4 is 10.1 Å². The van der Waals surface area contributed by atoms with Crippen LogP contribution in [0.3, 0.4) is 0 Å². The van der Waals surface area contributed by atoms with Gasteiger partial charge in [0.25, 0.3) is 0 Å². The van der Waals surface area contributed by atoms with Gasteiger partial charge in [-0.2, -0.15) is 0 Å². The molecule has 0 saturated carbocycles. The molecule has 0 amide bonds. The van der Waals surface area contributed by atoms with Crippen molar-refractivity contribution in [3.05, 3.63) is 29.8 Å². The Balaban J connectivity index is 0.00000264. The normalized spacial score (nSPS) is 17.4. The Bertz CT molecular complexity index is 501. The SMILES string of the molecule is CC(C)(C)[C@H](c1ccccc1OC(F)(F)F)N1CCNCC1.Cl.Cl. The van der Waals surface area contributed by atoms with E-state index in [0.717, 1.165) is 26.2 Å². The lowest BCUT2D eigenvalue weighted by molar-refractivity contribution is -0.275. The molecule has 0 bridgehead atoms. The van der Waals surface area contributed by atoms with E-state index in [2.05, 4.69) is 15.0 Å². The van der Waals surface area contributed by atoms with Gasteiger partial charge in [0.15, 0.2) is 0 Å². The fourth-order valence-corrected chi connectivity index (χ4v) is 3.08. The van der Waals surface area contributed by atoms with Crippen molar-refractivity contribution >= 4 is 24.8 Å². The van der Waals surface area contributed by atoms with Crippen LogP contribution in [0.5, 0.6) is 5.75 Å². The third-order valence-corrected chi connectivity index (χ3v) is 3.78. The minimum Gasteiger partial charge on any atom is -0.405 e. The number of piperazine rings is 1. The Morgan fingerprint density at radius 1 is 1.04 bits per heavy atom. The van der Waals surface area contributed by atoms with E-state index in [9.17, 15) is 13.2 Å². The first-order valence-corrected chi connectivity index (χ1v) is 7.48. The minimum absolute atomic E-state index is 0. The van der Waals surface area contributed by atoms with E-state index in [0.29, 0.717) is 5.56 Å². The molecule has 1 aliphatic heterocycles. The summed E-state index contributed by atoms with van der Waals surface area (Å²) in [6, 6.07) is 6.33. The predicted molar refractivity (Wildman–Crippen MR) is 94.3 cm³/mol. The van der Waals surface area contributed by atoms with Gasteiger partial charge in [-0.3, -0.25) is 4.90 Å². The maximum absolute atomic E-state index is 12.7. The summed E-state index contributed by atoms with van der Waals surface area (Å²) >= 11 is 0. The summed E-state index contributed by atoms with van der Waals surface area (Å²) in [5.74, 6) is -0.103. The van der Waals surface area contributed by atoms with Gasteiger partial charge in [-0.15, -0.1) is 38.0 Å². The number of hydrogen-bond acceptors (Lipinski definition) is 3. The first kappa shape index (κ1) is 23.3. The van der Waals surface area contributed by atoms with Crippen LogP contribution in [0.1, 0.15) is 32.4 Å². The third kappa shape index (κ3) is 6.31. The fourth-order valence-electron chi connectivity index (χ4n) is 3.08. The van der Waals surface area contributed by atoms with Gasteiger partial charge >= 0.3 is 6.36 Å². The second kappa shape index (κ2) is 9.13. The number of para-hydroxylation sites is 1. The summed E-state index contributed by atoms with van der Waals surface area (Å²) in [5, 5.41) is 3.27. The van der Waals surface area contributed by atoms with E-state index in [1.165, 1.54) is 6.07 Å². The average Bonchev–Trinajstić information content (AvgIpc) is 2.39. The van der Waals surface area contributed by atoms with Gasteiger partial charge in [-0.25, -0.2) is 0 Å². The molecule has 0 radical (unpaired) electrons. The van der Waals surface area contributed by atoms with Crippen LogP contribution in [0.15, 0.2) is 24.3 Å². The Morgan fingerprint density at radius 3 is 2.08 bits per heavy atom. The van der Waals surface area contributed by atoms with Crippen molar-refractivity contribution in [1.82, 2.24) is 10.2 Å². The molecule has 1 saturated heterocycles. The number of nitrogens with one attached hydrogen (secondary N) is 1. The molecule has 8 heteroatoms. The zero-order valence-electron chi connectivity index (χ0n) is 14.0. The molecular formula is C16H25Cl2F3N2O. The Hall–Kier alpha value is -0.690. The summed E-state index contributed by atoms with van der Waals surface area (Å²) in [7, 11) is 0. The lowest BCUT2D eigenvalue weighted by Gasteiger charge is -2.43. The first-order chi connectivity index (χ1) is 10.2. The highest BCUT2D eigenvalue weighted by Crippen LogP contribution is 2.42. The van der Waals surface area contributed by atoms with Crippen LogP contribution in [0.2, 0.25) is 0 Å². The number of hydrogen-bond donors (Lipinski definition) is 1. The van der Waals surface area contributed by atoms with Crippen LogP contribution in [0.4, 0.5) is 13.2 Å². The highest BCUT2D eigenvalue weighted by atomic mass is 35.5. The molecule has 140 valence electrons. The topological polar surface area (TPSA) is 24.5 Å². The molecule has 0 spiro atoms. The lowest BCUT2D eigenvalue weighted by Crippen LogP contribution is -2.48. The van der Waals surface area contributed by atoms with Gasteiger partial charge in [0.2, 0.25) is 0 Å². The number of rotatable bonds is 3. The van der Waals surface area contributed by atoms with Crippen LogP contribution in [-0.2, 0) is 0 Å². The molecule has 0 aliphatic carbocycles. The summed E-state index contributed by atoms with van der Waals surface area (Å²) < 4.78 is 42.3. The van der Waals surface area contributed by atoms with Gasteiger partial charge in [0.1, 0.15) is 5.75 Å². The van der Waals surface area contributed by atoms with Crippen LogP contribution in [0, 0.1) is 5.41 Å². The zero-order valence-corrected chi connectivity index (χ0v) is 15.7. The largest absolute Gasteiger partial charge is 0.573 e. The van der Waals surface area contributed by atoms with Crippen molar-refractivity contribution in [1.29, 1.82) is 0 Å². The van der Waals surface area contributed by atoms with Crippen LogP contribution in [0.25, 0.3) is 0 Å². The number of ether oxygens (including phenoxy) is 1. The predicted octanol–water partition coefficient (Wildman–Crippen LogP) is 4.42. The summed E-state index contributed by atoms with van der Waals surface area (Å²) in [5.41, 5.74) is 0.386. The minimum atomic E-state index is -4.68. The third-order valence-electron chi connectivity index (χ3n) is 3.78. The molecule has 1 N–H and O–H groups in total. The molecule has 1 aromatic carbocycles. The van der Waals surface area contributed by atoms with Gasteiger partial charge in [0, 0.05) is 37.8 Å². The number of halogens is 5. The van der Waals surface area contributed by atoms with Crippen molar-refractivity contribution in [2.45, 2.75) is 33.2 Å². The van der Waals surface area contributed by atoms with Crippen molar-refractivity contribution < 1.29 is 17.9 Å². The molecule has 1 aliphatic rings. The molecule has 24 heavy (non-hydrogen) atoms. The molecular weight excluding hydrogens is 364 g/mol. The summed E-state index contributed by atoms with van der Waals surface area (Å²) in [6.07, 6.45) is -4.68. The smallest absolute Gasteiger partial charge is 0.405 e. The van der Waals surface area contributed by atoms with Crippen LogP contribution >= 0.6 is 24.8 Å². The van der Waals surface area contributed by atoms with Gasteiger partial charge < -0.3 is 10.1 Å². The van der Waals surface area contributed by atoms with E-state index in [1.54, 1.807) is 18.2 Å². The molecule has 1 atom stereocenters. The van der Waals surface area contributed by atoms with Crippen molar-refractivity contribution in [3.63, 3.8) is 0 Å². The lowest BCUT2D eigenvalue weighted by atomic mass is 9.80. The van der Waals surface area contributed by atoms with E-state index < -0.39 is 6.36 Å². The van der Waals surface area contributed by atoms with Crippen molar-refractivity contribution in [2.24, 2.45) is 5.41 Å². The summed E-state index contributed by atoms with van der Waals surface area (Å²) in [6.45, 7) is 9.44. The quantitative estimate of drug-likeness (QED) is 0.828. The molecule has 2 rings (SSSR count).